The third-order valence-electron chi connectivity index (χ3n) is 3.13. The van der Waals surface area contributed by atoms with Crippen LogP contribution in [0.3, 0.4) is 0 Å². The van der Waals surface area contributed by atoms with Crippen molar-refractivity contribution in [3.8, 4) is 11.5 Å². The van der Waals surface area contributed by atoms with Gasteiger partial charge in [0.1, 0.15) is 5.56 Å². The topological polar surface area (TPSA) is 77.8 Å². The SMILES string of the molecule is O=C(O)C1(c2ccc(C(F)(F)F)c(O)c2O)CC1. The molecule has 1 saturated carbocycles. The maximum Gasteiger partial charge on any atom is 0.420 e. The Morgan fingerprint density at radius 2 is 1.72 bits per heavy atom. The first kappa shape index (κ1) is 12.5. The Kier molecular flexibility index (Phi) is 2.46. The van der Waals surface area contributed by atoms with Crippen molar-refractivity contribution in [2.45, 2.75) is 24.4 Å². The van der Waals surface area contributed by atoms with E-state index in [-0.39, 0.29) is 18.4 Å². The number of aromatic hydroxyl groups is 2. The first-order valence-electron chi connectivity index (χ1n) is 5.06. The molecule has 2 rings (SSSR count). The number of alkyl halides is 3. The van der Waals surface area contributed by atoms with Gasteiger partial charge in [-0.1, -0.05) is 6.07 Å². The van der Waals surface area contributed by atoms with Crippen molar-refractivity contribution >= 4 is 5.97 Å². The molecule has 0 atom stereocenters. The lowest BCUT2D eigenvalue weighted by Gasteiger charge is -2.16. The van der Waals surface area contributed by atoms with Crippen LogP contribution in [0.25, 0.3) is 0 Å². The largest absolute Gasteiger partial charge is 0.504 e. The van der Waals surface area contributed by atoms with Gasteiger partial charge in [0.25, 0.3) is 0 Å². The number of benzene rings is 1. The van der Waals surface area contributed by atoms with Crippen molar-refractivity contribution < 1.29 is 33.3 Å². The Hall–Kier alpha value is -1.92. The van der Waals surface area contributed by atoms with Gasteiger partial charge in [-0.3, -0.25) is 4.79 Å². The Balaban J connectivity index is 2.55. The van der Waals surface area contributed by atoms with Gasteiger partial charge in [0, 0.05) is 5.56 Å². The highest BCUT2D eigenvalue weighted by molar-refractivity contribution is 5.86. The van der Waals surface area contributed by atoms with E-state index in [4.69, 9.17) is 5.11 Å². The number of hydrogen-bond donors (Lipinski definition) is 3. The van der Waals surface area contributed by atoms with Crippen molar-refractivity contribution in [2.24, 2.45) is 0 Å². The average Bonchev–Trinajstić information content (AvgIpc) is 3.01. The smallest absolute Gasteiger partial charge is 0.420 e. The molecule has 0 bridgehead atoms. The Morgan fingerprint density at radius 1 is 1.17 bits per heavy atom. The van der Waals surface area contributed by atoms with E-state index in [1.807, 2.05) is 0 Å². The summed E-state index contributed by atoms with van der Waals surface area (Å²) in [6.07, 6.45) is -4.36. The van der Waals surface area contributed by atoms with Gasteiger partial charge in [-0.05, 0) is 18.9 Å². The summed E-state index contributed by atoms with van der Waals surface area (Å²) in [5, 5.41) is 27.9. The van der Waals surface area contributed by atoms with Gasteiger partial charge in [0.05, 0.1) is 5.41 Å². The molecule has 0 unspecified atom stereocenters. The zero-order valence-electron chi connectivity index (χ0n) is 8.95. The number of halogens is 3. The van der Waals surface area contributed by atoms with Crippen molar-refractivity contribution in [2.75, 3.05) is 0 Å². The Bertz CT molecular complexity index is 518. The average molecular weight is 262 g/mol. The van der Waals surface area contributed by atoms with Crippen molar-refractivity contribution in [1.29, 1.82) is 0 Å². The van der Waals surface area contributed by atoms with Crippen LogP contribution in [-0.4, -0.2) is 21.3 Å². The van der Waals surface area contributed by atoms with E-state index < -0.39 is 34.6 Å². The molecule has 1 aliphatic carbocycles. The predicted octanol–water partition coefficient (Wildman–Crippen LogP) is 2.23. The summed E-state index contributed by atoms with van der Waals surface area (Å²) in [6, 6.07) is 1.48. The quantitative estimate of drug-likeness (QED) is 0.714. The molecule has 1 fully saturated rings. The van der Waals surface area contributed by atoms with Gasteiger partial charge in [0.2, 0.25) is 0 Å². The normalized spacial score (nSPS) is 17.5. The van der Waals surface area contributed by atoms with E-state index in [0.717, 1.165) is 6.07 Å². The van der Waals surface area contributed by atoms with E-state index in [1.165, 1.54) is 0 Å². The van der Waals surface area contributed by atoms with Crippen LogP contribution in [0.2, 0.25) is 0 Å². The number of carboxylic acids is 1. The van der Waals surface area contributed by atoms with E-state index >= 15 is 0 Å². The van der Waals surface area contributed by atoms with Crippen LogP contribution in [-0.2, 0) is 16.4 Å². The van der Waals surface area contributed by atoms with Gasteiger partial charge < -0.3 is 15.3 Å². The van der Waals surface area contributed by atoms with E-state index in [9.17, 15) is 28.2 Å². The highest BCUT2D eigenvalue weighted by atomic mass is 19.4. The van der Waals surface area contributed by atoms with Crippen LogP contribution in [0.1, 0.15) is 24.0 Å². The molecule has 98 valence electrons. The second kappa shape index (κ2) is 3.54. The van der Waals surface area contributed by atoms with Gasteiger partial charge in [0.15, 0.2) is 11.5 Å². The van der Waals surface area contributed by atoms with E-state index in [1.54, 1.807) is 0 Å². The van der Waals surface area contributed by atoms with Crippen LogP contribution < -0.4 is 0 Å². The second-order valence-corrected chi connectivity index (χ2v) is 4.24. The summed E-state index contributed by atoms with van der Waals surface area (Å²) in [5.41, 5.74) is -2.93. The molecule has 0 heterocycles. The maximum absolute atomic E-state index is 12.4. The minimum absolute atomic E-state index is 0.180. The highest BCUT2D eigenvalue weighted by Crippen LogP contribution is 2.54. The van der Waals surface area contributed by atoms with E-state index in [2.05, 4.69) is 0 Å². The predicted molar refractivity (Wildman–Crippen MR) is 53.3 cm³/mol. The zero-order chi connectivity index (χ0) is 13.7. The second-order valence-electron chi connectivity index (χ2n) is 4.24. The molecule has 0 spiro atoms. The Labute approximate surface area is 99.3 Å². The van der Waals surface area contributed by atoms with Crippen molar-refractivity contribution in [3.05, 3.63) is 23.3 Å². The molecule has 3 N–H and O–H groups in total. The fraction of sp³-hybridized carbons (Fsp3) is 0.364. The molecule has 1 aromatic rings. The lowest BCUT2D eigenvalue weighted by atomic mass is 9.93. The number of phenolic OH excluding ortho intramolecular Hbond substituents is 2. The number of carboxylic acid groups (broad SMARTS) is 1. The molecule has 0 aromatic heterocycles. The number of carbonyl (C=O) groups is 1. The van der Waals surface area contributed by atoms with Gasteiger partial charge in [-0.2, -0.15) is 13.2 Å². The summed E-state index contributed by atoms with van der Waals surface area (Å²) < 4.78 is 37.3. The molecule has 0 amide bonds. The molecule has 1 aliphatic rings. The van der Waals surface area contributed by atoms with Crippen molar-refractivity contribution in [3.63, 3.8) is 0 Å². The number of aliphatic carboxylic acids is 1. The van der Waals surface area contributed by atoms with Crippen LogP contribution in [0.5, 0.6) is 11.5 Å². The summed E-state index contributed by atoms with van der Waals surface area (Å²) in [4.78, 5) is 11.0. The number of hydrogen-bond acceptors (Lipinski definition) is 3. The lowest BCUT2D eigenvalue weighted by molar-refractivity contribution is -0.140. The van der Waals surface area contributed by atoms with Crippen LogP contribution >= 0.6 is 0 Å². The molecule has 7 heteroatoms. The van der Waals surface area contributed by atoms with Crippen LogP contribution in [0, 0.1) is 0 Å². The summed E-state index contributed by atoms with van der Waals surface area (Å²) in [5.74, 6) is -3.56. The Morgan fingerprint density at radius 3 is 2.11 bits per heavy atom. The van der Waals surface area contributed by atoms with Crippen LogP contribution in [0.4, 0.5) is 13.2 Å². The minimum Gasteiger partial charge on any atom is -0.504 e. The van der Waals surface area contributed by atoms with Crippen LogP contribution in [0.15, 0.2) is 12.1 Å². The molecular weight excluding hydrogens is 253 g/mol. The zero-order valence-corrected chi connectivity index (χ0v) is 8.95. The summed E-state index contributed by atoms with van der Waals surface area (Å²) in [6.45, 7) is 0. The molecule has 1 aromatic carbocycles. The lowest BCUT2D eigenvalue weighted by Crippen LogP contribution is -2.20. The van der Waals surface area contributed by atoms with E-state index in [0.29, 0.717) is 6.07 Å². The first-order valence-corrected chi connectivity index (χ1v) is 5.06. The fourth-order valence-corrected chi connectivity index (χ4v) is 1.92. The molecule has 0 aliphatic heterocycles. The third kappa shape index (κ3) is 1.66. The van der Waals surface area contributed by atoms with Gasteiger partial charge in [-0.25, -0.2) is 0 Å². The molecule has 0 radical (unpaired) electrons. The third-order valence-corrected chi connectivity index (χ3v) is 3.13. The first-order chi connectivity index (χ1) is 8.20. The molecular formula is C11H9F3O4. The monoisotopic (exact) mass is 262 g/mol. The number of phenols is 2. The molecule has 4 nitrogen and oxygen atoms in total. The highest BCUT2D eigenvalue weighted by Gasteiger charge is 2.54. The molecule has 18 heavy (non-hydrogen) atoms. The fourth-order valence-electron chi connectivity index (χ4n) is 1.92. The van der Waals surface area contributed by atoms with Crippen molar-refractivity contribution in [1.82, 2.24) is 0 Å². The van der Waals surface area contributed by atoms with Gasteiger partial charge >= 0.3 is 12.1 Å². The summed E-state index contributed by atoms with van der Waals surface area (Å²) >= 11 is 0. The number of rotatable bonds is 2. The standard InChI is InChI=1S/C11H9F3O4/c12-11(13,14)6-2-1-5(7(15)8(6)16)10(3-4-10)9(17)18/h1-2,15-16H,3-4H2,(H,17,18). The minimum atomic E-state index is -4.81. The maximum atomic E-state index is 12.4. The van der Waals surface area contributed by atoms with Gasteiger partial charge in [-0.15, -0.1) is 0 Å². The summed E-state index contributed by atoms with van der Waals surface area (Å²) in [7, 11) is 0. The molecule has 0 saturated heterocycles.